The first-order valence-electron chi connectivity index (χ1n) is 7.86. The fourth-order valence-electron chi connectivity index (χ4n) is 2.79. The second-order valence-corrected chi connectivity index (χ2v) is 6.01. The molecule has 7 heteroatoms. The van der Waals surface area contributed by atoms with Crippen LogP contribution in [0.1, 0.15) is 24.1 Å². The van der Waals surface area contributed by atoms with Gasteiger partial charge >= 0.3 is 0 Å². The number of pyridine rings is 1. The summed E-state index contributed by atoms with van der Waals surface area (Å²) in [7, 11) is 0. The normalized spacial score (nSPS) is 15.4. The van der Waals surface area contributed by atoms with E-state index in [-0.39, 0.29) is 23.3 Å². The van der Waals surface area contributed by atoms with E-state index in [1.807, 2.05) is 0 Å². The van der Waals surface area contributed by atoms with Crippen LogP contribution in [0.25, 0.3) is 0 Å². The first-order valence-corrected chi connectivity index (χ1v) is 7.86. The lowest BCUT2D eigenvalue weighted by Gasteiger charge is -2.38. The highest BCUT2D eigenvalue weighted by Crippen LogP contribution is 2.26. The summed E-state index contributed by atoms with van der Waals surface area (Å²) in [5.41, 5.74) is 0.637. The van der Waals surface area contributed by atoms with E-state index in [1.54, 1.807) is 17.0 Å². The Labute approximate surface area is 143 Å². The number of amides is 2. The molecular formula is C18H17F2N3O2. The van der Waals surface area contributed by atoms with Gasteiger partial charge in [0, 0.05) is 38.0 Å². The highest BCUT2D eigenvalue weighted by atomic mass is 19.1. The van der Waals surface area contributed by atoms with Crippen molar-refractivity contribution in [2.45, 2.75) is 13.0 Å². The monoisotopic (exact) mass is 345 g/mol. The summed E-state index contributed by atoms with van der Waals surface area (Å²) in [6, 6.07) is 5.57. The SMILES string of the molecule is CC(=O)N1CC(C(=O)NC(c2ccncc2)c2cc(F)ccc2F)C1. The van der Waals surface area contributed by atoms with Crippen molar-refractivity contribution in [1.29, 1.82) is 0 Å². The number of rotatable bonds is 4. The van der Waals surface area contributed by atoms with Crippen molar-refractivity contribution in [3.8, 4) is 0 Å². The lowest BCUT2D eigenvalue weighted by atomic mass is 9.95. The van der Waals surface area contributed by atoms with Crippen molar-refractivity contribution in [1.82, 2.24) is 15.2 Å². The van der Waals surface area contributed by atoms with Gasteiger partial charge in [0.2, 0.25) is 11.8 Å². The van der Waals surface area contributed by atoms with Crippen LogP contribution in [0.3, 0.4) is 0 Å². The number of halogens is 2. The molecule has 130 valence electrons. The lowest BCUT2D eigenvalue weighted by molar-refractivity contribution is -0.141. The largest absolute Gasteiger partial charge is 0.345 e. The maximum Gasteiger partial charge on any atom is 0.227 e. The third kappa shape index (κ3) is 3.65. The van der Waals surface area contributed by atoms with Gasteiger partial charge < -0.3 is 10.2 Å². The molecule has 1 aliphatic rings. The molecule has 0 aliphatic carbocycles. The molecule has 1 aromatic carbocycles. The van der Waals surface area contributed by atoms with Crippen molar-refractivity contribution in [3.05, 3.63) is 65.5 Å². The number of carbonyl (C=O) groups is 2. The van der Waals surface area contributed by atoms with Gasteiger partial charge in [-0.2, -0.15) is 0 Å². The van der Waals surface area contributed by atoms with Gasteiger partial charge in [-0.25, -0.2) is 8.78 Å². The van der Waals surface area contributed by atoms with Crippen LogP contribution in [0.5, 0.6) is 0 Å². The summed E-state index contributed by atoms with van der Waals surface area (Å²) in [5.74, 6) is -1.95. The van der Waals surface area contributed by atoms with E-state index in [4.69, 9.17) is 0 Å². The second-order valence-electron chi connectivity index (χ2n) is 6.01. The van der Waals surface area contributed by atoms with Crippen LogP contribution in [0.15, 0.2) is 42.7 Å². The second kappa shape index (κ2) is 6.96. The molecule has 3 rings (SSSR count). The summed E-state index contributed by atoms with van der Waals surface area (Å²) in [6.07, 6.45) is 3.04. The van der Waals surface area contributed by atoms with Gasteiger partial charge in [0.05, 0.1) is 12.0 Å². The molecule has 1 atom stereocenters. The Kier molecular flexibility index (Phi) is 4.74. The number of likely N-dealkylation sites (tertiary alicyclic amines) is 1. The molecule has 2 heterocycles. The average Bonchev–Trinajstić information content (AvgIpc) is 2.54. The highest BCUT2D eigenvalue weighted by molar-refractivity contribution is 5.84. The predicted molar refractivity (Wildman–Crippen MR) is 86.3 cm³/mol. The van der Waals surface area contributed by atoms with Crippen LogP contribution in [0.4, 0.5) is 8.78 Å². The summed E-state index contributed by atoms with van der Waals surface area (Å²) in [5, 5.41) is 2.77. The van der Waals surface area contributed by atoms with E-state index in [9.17, 15) is 18.4 Å². The van der Waals surface area contributed by atoms with Crippen molar-refractivity contribution in [3.63, 3.8) is 0 Å². The number of aromatic nitrogens is 1. The molecule has 1 aromatic heterocycles. The zero-order valence-electron chi connectivity index (χ0n) is 13.6. The Bertz CT molecular complexity index is 792. The Balaban J connectivity index is 1.84. The van der Waals surface area contributed by atoms with Gasteiger partial charge in [0.15, 0.2) is 0 Å². The van der Waals surface area contributed by atoms with Gasteiger partial charge in [0.1, 0.15) is 11.6 Å². The van der Waals surface area contributed by atoms with Crippen LogP contribution in [-0.4, -0.2) is 34.8 Å². The molecule has 1 aliphatic heterocycles. The number of carbonyl (C=O) groups excluding carboxylic acids is 2. The minimum absolute atomic E-state index is 0.0438. The molecule has 2 aromatic rings. The molecular weight excluding hydrogens is 328 g/mol. The summed E-state index contributed by atoms with van der Waals surface area (Å²) >= 11 is 0. The maximum absolute atomic E-state index is 14.2. The zero-order chi connectivity index (χ0) is 18.0. The molecule has 0 bridgehead atoms. The fourth-order valence-corrected chi connectivity index (χ4v) is 2.79. The Morgan fingerprint density at radius 2 is 1.88 bits per heavy atom. The lowest BCUT2D eigenvalue weighted by Crippen LogP contribution is -2.55. The molecule has 1 unspecified atom stereocenters. The van der Waals surface area contributed by atoms with Gasteiger partial charge in [-0.05, 0) is 35.9 Å². The topological polar surface area (TPSA) is 62.3 Å². The Morgan fingerprint density at radius 1 is 1.20 bits per heavy atom. The number of nitrogens with zero attached hydrogens (tertiary/aromatic N) is 2. The Hall–Kier alpha value is -2.83. The minimum Gasteiger partial charge on any atom is -0.345 e. The Morgan fingerprint density at radius 3 is 2.52 bits per heavy atom. The van der Waals surface area contributed by atoms with Crippen molar-refractivity contribution in [2.75, 3.05) is 13.1 Å². The molecule has 2 amide bonds. The van der Waals surface area contributed by atoms with Gasteiger partial charge in [-0.3, -0.25) is 14.6 Å². The molecule has 1 fully saturated rings. The van der Waals surface area contributed by atoms with Crippen molar-refractivity contribution in [2.24, 2.45) is 5.92 Å². The van der Waals surface area contributed by atoms with Crippen LogP contribution in [-0.2, 0) is 9.59 Å². The van der Waals surface area contributed by atoms with Crippen LogP contribution < -0.4 is 5.32 Å². The summed E-state index contributed by atoms with van der Waals surface area (Å²) < 4.78 is 27.8. The quantitative estimate of drug-likeness (QED) is 0.922. The summed E-state index contributed by atoms with van der Waals surface area (Å²) in [4.78, 5) is 29.2. The first-order chi connectivity index (χ1) is 12.0. The third-order valence-corrected chi connectivity index (χ3v) is 4.29. The molecule has 5 nitrogen and oxygen atoms in total. The maximum atomic E-state index is 14.2. The number of nitrogens with one attached hydrogen (secondary N) is 1. The predicted octanol–water partition coefficient (Wildman–Crippen LogP) is 2.04. The van der Waals surface area contributed by atoms with Crippen molar-refractivity contribution >= 4 is 11.8 Å². The van der Waals surface area contributed by atoms with Gasteiger partial charge in [-0.1, -0.05) is 0 Å². The van der Waals surface area contributed by atoms with E-state index < -0.39 is 17.7 Å². The van der Waals surface area contributed by atoms with Crippen LogP contribution in [0.2, 0.25) is 0 Å². The molecule has 25 heavy (non-hydrogen) atoms. The number of benzene rings is 1. The number of hydrogen-bond acceptors (Lipinski definition) is 3. The van der Waals surface area contributed by atoms with E-state index >= 15 is 0 Å². The molecule has 1 saturated heterocycles. The molecule has 1 N–H and O–H groups in total. The van der Waals surface area contributed by atoms with Crippen LogP contribution >= 0.6 is 0 Å². The van der Waals surface area contributed by atoms with Crippen LogP contribution in [0, 0.1) is 17.6 Å². The average molecular weight is 345 g/mol. The number of hydrogen-bond donors (Lipinski definition) is 1. The standard InChI is InChI=1S/C18H17F2N3O2/c1-11(24)23-9-13(10-23)18(25)22-17(12-4-6-21-7-5-12)15-8-14(19)2-3-16(15)20/h2-8,13,17H,9-10H2,1H3,(H,22,25). The first kappa shape index (κ1) is 17.0. The zero-order valence-corrected chi connectivity index (χ0v) is 13.6. The smallest absolute Gasteiger partial charge is 0.227 e. The van der Waals surface area contributed by atoms with Crippen molar-refractivity contribution < 1.29 is 18.4 Å². The van der Waals surface area contributed by atoms with Gasteiger partial charge in [0.25, 0.3) is 0 Å². The molecule has 0 spiro atoms. The van der Waals surface area contributed by atoms with E-state index in [0.29, 0.717) is 18.7 Å². The molecule has 0 radical (unpaired) electrons. The van der Waals surface area contributed by atoms with E-state index in [0.717, 1.165) is 18.2 Å². The highest BCUT2D eigenvalue weighted by Gasteiger charge is 2.35. The van der Waals surface area contributed by atoms with E-state index in [2.05, 4.69) is 10.3 Å². The molecule has 0 saturated carbocycles. The minimum atomic E-state index is -0.836. The van der Waals surface area contributed by atoms with Gasteiger partial charge in [-0.15, -0.1) is 0 Å². The third-order valence-electron chi connectivity index (χ3n) is 4.29. The van der Waals surface area contributed by atoms with E-state index in [1.165, 1.54) is 19.3 Å². The fraction of sp³-hybridized carbons (Fsp3) is 0.278. The summed E-state index contributed by atoms with van der Waals surface area (Å²) in [6.45, 7) is 2.10.